The Kier molecular flexibility index (Phi) is 3.35. The van der Waals surface area contributed by atoms with Crippen molar-refractivity contribution in [3.05, 3.63) is 57.8 Å². The molecule has 0 unspecified atom stereocenters. The van der Waals surface area contributed by atoms with E-state index in [1.165, 1.54) is 18.3 Å². The Labute approximate surface area is 120 Å². The highest BCUT2D eigenvalue weighted by Crippen LogP contribution is 2.31. The summed E-state index contributed by atoms with van der Waals surface area (Å²) in [5.41, 5.74) is 1.44. The van der Waals surface area contributed by atoms with E-state index >= 15 is 0 Å². The lowest BCUT2D eigenvalue weighted by Crippen LogP contribution is -2.10. The van der Waals surface area contributed by atoms with Gasteiger partial charge >= 0.3 is 5.69 Å². The van der Waals surface area contributed by atoms with E-state index in [0.29, 0.717) is 17.7 Å². The van der Waals surface area contributed by atoms with Crippen LogP contribution in [0.15, 0.2) is 36.5 Å². The summed E-state index contributed by atoms with van der Waals surface area (Å²) in [4.78, 5) is 26.0. The average Bonchev–Trinajstić information content (AvgIpc) is 2.48. The van der Waals surface area contributed by atoms with E-state index in [9.17, 15) is 14.9 Å². The maximum atomic E-state index is 11.8. The maximum absolute atomic E-state index is 11.8. The highest BCUT2D eigenvalue weighted by Gasteiger charge is 2.20. The molecule has 0 aliphatic heterocycles. The molecule has 0 amide bonds. The van der Waals surface area contributed by atoms with Crippen molar-refractivity contribution in [1.29, 1.82) is 0 Å². The monoisotopic (exact) mass is 284 g/mol. The van der Waals surface area contributed by atoms with E-state index in [0.717, 1.165) is 18.4 Å². The molecule has 21 heavy (non-hydrogen) atoms. The number of Topliss-reactive ketones (excluding diaryl/α,β-unsaturated/α-hetero) is 1. The molecule has 106 valence electrons. The number of carbonyl (C=O) groups excluding carboxylic acids is 1. The van der Waals surface area contributed by atoms with Gasteiger partial charge in [-0.25, -0.2) is 4.98 Å². The highest BCUT2D eigenvalue weighted by atomic mass is 16.6. The molecule has 6 heteroatoms. The number of hydrogen-bond donors (Lipinski definition) is 0. The van der Waals surface area contributed by atoms with Crippen molar-refractivity contribution in [3.8, 4) is 11.6 Å². The first-order valence-electron chi connectivity index (χ1n) is 6.58. The van der Waals surface area contributed by atoms with Crippen LogP contribution in [0.4, 0.5) is 5.69 Å². The third-order valence-electron chi connectivity index (χ3n) is 3.39. The van der Waals surface area contributed by atoms with Gasteiger partial charge in [0.05, 0.1) is 4.92 Å². The minimum Gasteiger partial charge on any atom is -0.434 e. The number of pyridine rings is 1. The number of fused-ring (bicyclic) bond motifs is 1. The average molecular weight is 284 g/mol. The number of ketones is 1. The maximum Gasteiger partial charge on any atom is 0.331 e. The number of benzene rings is 1. The molecule has 0 radical (unpaired) electrons. The smallest absolute Gasteiger partial charge is 0.331 e. The molecule has 0 saturated heterocycles. The van der Waals surface area contributed by atoms with Crippen LogP contribution in [-0.2, 0) is 6.42 Å². The third-order valence-corrected chi connectivity index (χ3v) is 3.39. The summed E-state index contributed by atoms with van der Waals surface area (Å²) in [7, 11) is 0. The van der Waals surface area contributed by atoms with Gasteiger partial charge in [-0.15, -0.1) is 0 Å². The van der Waals surface area contributed by atoms with Gasteiger partial charge in [0.1, 0.15) is 5.75 Å². The van der Waals surface area contributed by atoms with E-state index in [1.807, 2.05) is 0 Å². The van der Waals surface area contributed by atoms with Crippen molar-refractivity contribution < 1.29 is 14.5 Å². The fraction of sp³-hybridized carbons (Fsp3) is 0.200. The van der Waals surface area contributed by atoms with Crippen molar-refractivity contribution in [2.24, 2.45) is 0 Å². The van der Waals surface area contributed by atoms with Crippen molar-refractivity contribution in [2.45, 2.75) is 19.3 Å². The van der Waals surface area contributed by atoms with Crippen LogP contribution in [-0.4, -0.2) is 15.7 Å². The van der Waals surface area contributed by atoms with Crippen LogP contribution in [0.2, 0.25) is 0 Å². The fourth-order valence-corrected chi connectivity index (χ4v) is 2.40. The van der Waals surface area contributed by atoms with E-state index < -0.39 is 4.92 Å². The molecule has 0 saturated carbocycles. The Morgan fingerprint density at radius 2 is 2.10 bits per heavy atom. The molecule has 1 aliphatic carbocycles. The lowest BCUT2D eigenvalue weighted by atomic mass is 9.90. The first-order chi connectivity index (χ1) is 10.1. The number of hydrogen-bond acceptors (Lipinski definition) is 5. The van der Waals surface area contributed by atoms with Crippen molar-refractivity contribution >= 4 is 11.5 Å². The predicted molar refractivity (Wildman–Crippen MR) is 74.7 cm³/mol. The minimum atomic E-state index is -0.537. The second kappa shape index (κ2) is 5.32. The van der Waals surface area contributed by atoms with Crippen molar-refractivity contribution in [1.82, 2.24) is 4.98 Å². The molecule has 0 atom stereocenters. The highest BCUT2D eigenvalue weighted by molar-refractivity contribution is 5.98. The summed E-state index contributed by atoms with van der Waals surface area (Å²) in [5, 5.41) is 10.9. The summed E-state index contributed by atoms with van der Waals surface area (Å²) in [6, 6.07) is 7.92. The van der Waals surface area contributed by atoms with Gasteiger partial charge in [-0.3, -0.25) is 14.9 Å². The summed E-state index contributed by atoms with van der Waals surface area (Å²) >= 11 is 0. The number of ether oxygens (including phenoxy) is 1. The van der Waals surface area contributed by atoms with Gasteiger partial charge in [0.2, 0.25) is 0 Å². The largest absolute Gasteiger partial charge is 0.434 e. The van der Waals surface area contributed by atoms with Gasteiger partial charge in [0, 0.05) is 24.2 Å². The van der Waals surface area contributed by atoms with Gasteiger partial charge in [-0.05, 0) is 42.7 Å². The molecule has 1 aromatic carbocycles. The molecular formula is C15H12N2O4. The van der Waals surface area contributed by atoms with E-state index in [4.69, 9.17) is 4.74 Å². The molecule has 0 fully saturated rings. The number of aromatic nitrogens is 1. The molecule has 6 nitrogen and oxygen atoms in total. The van der Waals surface area contributed by atoms with Crippen LogP contribution in [0, 0.1) is 10.1 Å². The first kappa shape index (κ1) is 13.2. The molecule has 1 heterocycles. The summed E-state index contributed by atoms with van der Waals surface area (Å²) in [6.07, 6.45) is 3.63. The van der Waals surface area contributed by atoms with E-state index in [2.05, 4.69) is 4.98 Å². The molecule has 1 aliphatic rings. The molecular weight excluding hydrogens is 272 g/mol. The summed E-state index contributed by atoms with van der Waals surface area (Å²) < 4.78 is 5.51. The van der Waals surface area contributed by atoms with Gasteiger partial charge < -0.3 is 4.74 Å². The zero-order valence-corrected chi connectivity index (χ0v) is 11.1. The Hall–Kier alpha value is -2.76. The molecule has 2 aromatic rings. The Morgan fingerprint density at radius 1 is 1.24 bits per heavy atom. The number of aryl methyl sites for hydroxylation is 1. The Balaban J connectivity index is 1.93. The number of nitro groups is 1. The molecule has 0 bridgehead atoms. The lowest BCUT2D eigenvalue weighted by molar-refractivity contribution is -0.386. The van der Waals surface area contributed by atoms with Crippen LogP contribution in [0.3, 0.4) is 0 Å². The fourth-order valence-electron chi connectivity index (χ4n) is 2.40. The zero-order valence-electron chi connectivity index (χ0n) is 11.1. The van der Waals surface area contributed by atoms with Gasteiger partial charge in [0.25, 0.3) is 5.88 Å². The first-order valence-corrected chi connectivity index (χ1v) is 6.58. The normalized spacial score (nSPS) is 13.6. The van der Waals surface area contributed by atoms with Gasteiger partial charge in [-0.2, -0.15) is 0 Å². The second-order valence-corrected chi connectivity index (χ2v) is 4.78. The number of carbonyl (C=O) groups is 1. The standard InChI is InChI=1S/C15H12N2O4/c18-14-5-1-3-10-9-11(6-7-12(10)14)21-15-13(17(19)20)4-2-8-16-15/h2,4,6-9H,1,3,5H2. The number of rotatable bonds is 3. The van der Waals surface area contributed by atoms with E-state index in [-0.39, 0.29) is 17.4 Å². The quantitative estimate of drug-likeness (QED) is 0.638. The van der Waals surface area contributed by atoms with E-state index in [1.54, 1.807) is 18.2 Å². The van der Waals surface area contributed by atoms with Crippen molar-refractivity contribution in [2.75, 3.05) is 0 Å². The topological polar surface area (TPSA) is 82.3 Å². The Bertz CT molecular complexity index is 727. The SMILES string of the molecule is O=C1CCCc2cc(Oc3ncccc3[N+](=O)[O-])ccc21. The minimum absolute atomic E-state index is 0.0513. The van der Waals surface area contributed by atoms with Gasteiger partial charge in [-0.1, -0.05) is 0 Å². The Morgan fingerprint density at radius 3 is 2.90 bits per heavy atom. The summed E-state index contributed by atoms with van der Waals surface area (Å²) in [5.74, 6) is 0.529. The van der Waals surface area contributed by atoms with Crippen LogP contribution in [0.25, 0.3) is 0 Å². The summed E-state index contributed by atoms with van der Waals surface area (Å²) in [6.45, 7) is 0. The second-order valence-electron chi connectivity index (χ2n) is 4.78. The number of nitrogens with zero attached hydrogens (tertiary/aromatic N) is 2. The van der Waals surface area contributed by atoms with Crippen LogP contribution >= 0.6 is 0 Å². The van der Waals surface area contributed by atoms with Crippen LogP contribution in [0.1, 0.15) is 28.8 Å². The zero-order chi connectivity index (χ0) is 14.8. The van der Waals surface area contributed by atoms with Gasteiger partial charge in [0.15, 0.2) is 5.78 Å². The van der Waals surface area contributed by atoms with Crippen molar-refractivity contribution in [3.63, 3.8) is 0 Å². The lowest BCUT2D eigenvalue weighted by Gasteiger charge is -2.15. The predicted octanol–water partition coefficient (Wildman–Crippen LogP) is 3.30. The molecule has 0 N–H and O–H groups in total. The molecule has 0 spiro atoms. The molecule has 3 rings (SSSR count). The van der Waals surface area contributed by atoms with Crippen LogP contribution in [0.5, 0.6) is 11.6 Å². The third kappa shape index (κ3) is 2.60. The van der Waals surface area contributed by atoms with Crippen LogP contribution < -0.4 is 4.74 Å². The molecule has 1 aromatic heterocycles.